The Hall–Kier alpha value is -1.31. The number of halogens is 4. The van der Waals surface area contributed by atoms with Crippen LogP contribution in [0.5, 0.6) is 0 Å². The van der Waals surface area contributed by atoms with Crippen LogP contribution < -0.4 is 0 Å². The van der Waals surface area contributed by atoms with Gasteiger partial charge in [0.15, 0.2) is 20.8 Å². The number of aromatic nitrogens is 2. The molecule has 4 nitrogen and oxygen atoms in total. The van der Waals surface area contributed by atoms with Crippen molar-refractivity contribution in [2.75, 3.05) is 5.75 Å². The minimum atomic E-state index is -3.51. The Labute approximate surface area is 128 Å². The summed E-state index contributed by atoms with van der Waals surface area (Å²) in [6.07, 6.45) is 0.157. The molecule has 3 rings (SSSR count). The fraction of sp³-hybridized carbons (Fsp3) is 0.167. The van der Waals surface area contributed by atoms with E-state index in [0.29, 0.717) is 0 Å². The topological polar surface area (TPSA) is 59.9 Å². The second kappa shape index (κ2) is 4.86. The smallest absolute Gasteiger partial charge is 0.183 e. The maximum Gasteiger partial charge on any atom is 0.183 e. The summed E-state index contributed by atoms with van der Waals surface area (Å²) in [4.78, 5) is 7.62. The molecule has 9 heteroatoms. The molecule has 2 aromatic rings. The molecule has 1 aromatic carbocycles. The molecule has 0 saturated carbocycles. The summed E-state index contributed by atoms with van der Waals surface area (Å²) in [5.74, 6) is -1.96. The SMILES string of the molecule is O=S1(=O)CCc2nc(-c3cc(F)c(Cl)cc3F)nc(Cl)c21. The highest BCUT2D eigenvalue weighted by Crippen LogP contribution is 2.33. The highest BCUT2D eigenvalue weighted by molar-refractivity contribution is 7.91. The van der Waals surface area contributed by atoms with Crippen LogP contribution in [0.4, 0.5) is 8.78 Å². The van der Waals surface area contributed by atoms with Gasteiger partial charge in [0.1, 0.15) is 16.5 Å². The van der Waals surface area contributed by atoms with Crippen LogP contribution in [-0.4, -0.2) is 24.1 Å². The molecule has 0 atom stereocenters. The summed E-state index contributed by atoms with van der Waals surface area (Å²) in [5, 5.41) is -0.659. The Morgan fingerprint density at radius 3 is 2.52 bits per heavy atom. The first-order valence-corrected chi connectivity index (χ1v) is 8.14. The van der Waals surface area contributed by atoms with E-state index in [0.717, 1.165) is 12.1 Å². The van der Waals surface area contributed by atoms with Crippen molar-refractivity contribution < 1.29 is 17.2 Å². The summed E-state index contributed by atoms with van der Waals surface area (Å²) in [6.45, 7) is 0. The fourth-order valence-corrected chi connectivity index (χ4v) is 4.26. The second-order valence-corrected chi connectivity index (χ2v) is 7.24. The number of aryl methyl sites for hydroxylation is 1. The van der Waals surface area contributed by atoms with Crippen molar-refractivity contribution >= 4 is 33.0 Å². The third-order valence-electron chi connectivity index (χ3n) is 3.06. The van der Waals surface area contributed by atoms with Crippen molar-refractivity contribution in [3.8, 4) is 11.4 Å². The van der Waals surface area contributed by atoms with Crippen LogP contribution in [0.25, 0.3) is 11.4 Å². The molecule has 1 aromatic heterocycles. The normalized spacial score (nSPS) is 16.0. The number of sulfone groups is 1. The molecule has 0 unspecified atom stereocenters. The molecule has 21 heavy (non-hydrogen) atoms. The predicted octanol–water partition coefficient (Wildman–Crippen LogP) is 3.06. The molecule has 1 aliphatic heterocycles. The molecular weight excluding hydrogens is 345 g/mol. The first kappa shape index (κ1) is 14.6. The zero-order valence-electron chi connectivity index (χ0n) is 10.2. The van der Waals surface area contributed by atoms with Crippen LogP contribution in [0.3, 0.4) is 0 Å². The number of nitrogens with zero attached hydrogens (tertiary/aromatic N) is 2. The zero-order chi connectivity index (χ0) is 15.4. The molecule has 0 amide bonds. The van der Waals surface area contributed by atoms with E-state index in [-0.39, 0.29) is 44.3 Å². The van der Waals surface area contributed by atoms with Crippen molar-refractivity contribution in [2.45, 2.75) is 11.3 Å². The summed E-state index contributed by atoms with van der Waals surface area (Å²) in [7, 11) is -3.51. The highest BCUT2D eigenvalue weighted by Gasteiger charge is 2.32. The van der Waals surface area contributed by atoms with Gasteiger partial charge in [0.05, 0.1) is 22.0 Å². The van der Waals surface area contributed by atoms with Gasteiger partial charge < -0.3 is 0 Å². The van der Waals surface area contributed by atoms with Gasteiger partial charge in [0.2, 0.25) is 0 Å². The van der Waals surface area contributed by atoms with Crippen molar-refractivity contribution in [1.29, 1.82) is 0 Å². The Kier molecular flexibility index (Phi) is 3.38. The molecule has 0 aliphatic carbocycles. The van der Waals surface area contributed by atoms with E-state index in [2.05, 4.69) is 9.97 Å². The van der Waals surface area contributed by atoms with Gasteiger partial charge in [-0.25, -0.2) is 27.2 Å². The lowest BCUT2D eigenvalue weighted by atomic mass is 10.2. The molecule has 110 valence electrons. The summed E-state index contributed by atoms with van der Waals surface area (Å²) >= 11 is 11.3. The van der Waals surface area contributed by atoms with Gasteiger partial charge in [-0.1, -0.05) is 23.2 Å². The second-order valence-electron chi connectivity index (χ2n) is 4.43. The first-order chi connectivity index (χ1) is 9.79. The molecule has 0 saturated heterocycles. The highest BCUT2D eigenvalue weighted by atomic mass is 35.5. The van der Waals surface area contributed by atoms with Crippen LogP contribution in [0.2, 0.25) is 10.2 Å². The van der Waals surface area contributed by atoms with Crippen LogP contribution in [0.1, 0.15) is 5.69 Å². The number of benzene rings is 1. The molecule has 0 bridgehead atoms. The standard InChI is InChI=1S/C12H6Cl2F2N2O2S/c13-6-4-7(15)5(3-8(6)16)12-17-9-1-2-21(19,20)10(9)11(14)18-12/h3-4H,1-2H2. The van der Waals surface area contributed by atoms with E-state index in [4.69, 9.17) is 23.2 Å². The molecule has 2 heterocycles. The number of hydrogen-bond acceptors (Lipinski definition) is 4. The minimum Gasteiger partial charge on any atom is -0.231 e. The van der Waals surface area contributed by atoms with E-state index in [9.17, 15) is 17.2 Å². The summed E-state index contributed by atoms with van der Waals surface area (Å²) in [5.41, 5.74) is -0.0225. The molecule has 0 N–H and O–H groups in total. The zero-order valence-corrected chi connectivity index (χ0v) is 12.5. The first-order valence-electron chi connectivity index (χ1n) is 5.73. The van der Waals surface area contributed by atoms with Gasteiger partial charge in [-0.05, 0) is 12.1 Å². The molecule has 1 aliphatic rings. The number of hydrogen-bond donors (Lipinski definition) is 0. The number of fused-ring (bicyclic) bond motifs is 1. The molecule has 0 fully saturated rings. The Balaban J connectivity index is 2.23. The van der Waals surface area contributed by atoms with E-state index in [1.54, 1.807) is 0 Å². The maximum atomic E-state index is 13.9. The lowest BCUT2D eigenvalue weighted by Crippen LogP contribution is -2.03. The van der Waals surface area contributed by atoms with Gasteiger partial charge in [-0.2, -0.15) is 0 Å². The predicted molar refractivity (Wildman–Crippen MR) is 73.2 cm³/mol. The lowest BCUT2D eigenvalue weighted by molar-refractivity contribution is 0.599. The maximum absolute atomic E-state index is 13.9. The Morgan fingerprint density at radius 2 is 1.81 bits per heavy atom. The van der Waals surface area contributed by atoms with E-state index in [1.807, 2.05) is 0 Å². The van der Waals surface area contributed by atoms with Crippen molar-refractivity contribution in [2.24, 2.45) is 0 Å². The van der Waals surface area contributed by atoms with E-state index in [1.165, 1.54) is 0 Å². The van der Waals surface area contributed by atoms with E-state index >= 15 is 0 Å². The third kappa shape index (κ3) is 2.39. The van der Waals surface area contributed by atoms with Crippen molar-refractivity contribution in [1.82, 2.24) is 9.97 Å². The lowest BCUT2D eigenvalue weighted by Gasteiger charge is -2.07. The summed E-state index contributed by atoms with van der Waals surface area (Å²) < 4.78 is 50.9. The quantitative estimate of drug-likeness (QED) is 0.585. The van der Waals surface area contributed by atoms with Crippen LogP contribution in [0, 0.1) is 11.6 Å². The van der Waals surface area contributed by atoms with Crippen LogP contribution >= 0.6 is 23.2 Å². The fourth-order valence-electron chi connectivity index (χ4n) is 2.09. The van der Waals surface area contributed by atoms with Crippen molar-refractivity contribution in [3.05, 3.63) is 39.6 Å². The van der Waals surface area contributed by atoms with Gasteiger partial charge in [0.25, 0.3) is 0 Å². The average molecular weight is 351 g/mol. The van der Waals surface area contributed by atoms with E-state index < -0.39 is 21.5 Å². The van der Waals surface area contributed by atoms with Gasteiger partial charge in [-0.3, -0.25) is 0 Å². The molecule has 0 radical (unpaired) electrons. The average Bonchev–Trinajstić information content (AvgIpc) is 2.70. The third-order valence-corrected chi connectivity index (χ3v) is 5.53. The van der Waals surface area contributed by atoms with Gasteiger partial charge in [0, 0.05) is 6.42 Å². The number of rotatable bonds is 1. The van der Waals surface area contributed by atoms with Gasteiger partial charge in [-0.15, -0.1) is 0 Å². The molecular formula is C12H6Cl2F2N2O2S. The largest absolute Gasteiger partial charge is 0.231 e. The Morgan fingerprint density at radius 1 is 1.10 bits per heavy atom. The molecule has 0 spiro atoms. The van der Waals surface area contributed by atoms with Gasteiger partial charge >= 0.3 is 0 Å². The monoisotopic (exact) mass is 350 g/mol. The van der Waals surface area contributed by atoms with Crippen molar-refractivity contribution in [3.63, 3.8) is 0 Å². The summed E-state index contributed by atoms with van der Waals surface area (Å²) in [6, 6.07) is 1.65. The van der Waals surface area contributed by atoms with Crippen LogP contribution in [0.15, 0.2) is 17.0 Å². The van der Waals surface area contributed by atoms with Crippen LogP contribution in [-0.2, 0) is 16.3 Å². The minimum absolute atomic E-state index is 0.127. The Bertz CT molecular complexity index is 872.